The summed E-state index contributed by atoms with van der Waals surface area (Å²) in [6, 6.07) is 0. The van der Waals surface area contributed by atoms with Crippen molar-refractivity contribution in [2.24, 2.45) is 0 Å². The van der Waals surface area contributed by atoms with Crippen LogP contribution < -0.4 is 10.6 Å². The van der Waals surface area contributed by atoms with Gasteiger partial charge in [0, 0.05) is 19.7 Å². The number of nitrogens with zero attached hydrogens (tertiary/aromatic N) is 2. The Morgan fingerprint density at radius 1 is 1.55 bits per heavy atom. The first-order valence-corrected chi connectivity index (χ1v) is 9.22. The minimum Gasteiger partial charge on any atom is -0.382 e. The molecule has 2 rings (SSSR count). The number of nitrogens with two attached hydrogens (primary N) is 1. The minimum absolute atomic E-state index is 0.0718. The van der Waals surface area contributed by atoms with Gasteiger partial charge in [-0.05, 0) is 31.3 Å². The molecule has 1 aliphatic heterocycles. The fraction of sp³-hybridized carbons (Fsp3) is 0.750. The van der Waals surface area contributed by atoms with E-state index in [1.807, 2.05) is 18.7 Å². The van der Waals surface area contributed by atoms with Crippen LogP contribution in [0.25, 0.3) is 0 Å². The topological polar surface area (TPSA) is 85.5 Å². The first-order valence-electron chi connectivity index (χ1n) is 6.80. The molecular weight excluding hydrogens is 298 g/mol. The van der Waals surface area contributed by atoms with E-state index in [1.54, 1.807) is 0 Å². The zero-order valence-corrected chi connectivity index (χ0v) is 13.5. The summed E-state index contributed by atoms with van der Waals surface area (Å²) < 4.78 is 34.4. The van der Waals surface area contributed by atoms with Crippen molar-refractivity contribution in [2.75, 3.05) is 36.1 Å². The molecule has 2 N–H and O–H groups in total. The van der Waals surface area contributed by atoms with Crippen LogP contribution in [0.3, 0.4) is 0 Å². The van der Waals surface area contributed by atoms with Gasteiger partial charge in [-0.15, -0.1) is 0 Å². The minimum atomic E-state index is -3.37. The molecule has 6 nitrogen and oxygen atoms in total. The van der Waals surface area contributed by atoms with Crippen LogP contribution in [0.4, 0.5) is 10.8 Å². The number of hydrogen-bond donors (Lipinski definition) is 1. The molecular formula is C12H21N3O3S2. The van der Waals surface area contributed by atoms with Crippen LogP contribution >= 0.6 is 11.5 Å². The van der Waals surface area contributed by atoms with E-state index in [0.29, 0.717) is 24.6 Å². The van der Waals surface area contributed by atoms with Crippen LogP contribution in [-0.4, -0.2) is 44.3 Å². The number of hydrogen-bond acceptors (Lipinski definition) is 7. The highest BCUT2D eigenvalue weighted by Crippen LogP contribution is 2.36. The van der Waals surface area contributed by atoms with Crippen molar-refractivity contribution >= 4 is 32.2 Å². The average molecular weight is 319 g/mol. The Labute approximate surface area is 124 Å². The Morgan fingerprint density at radius 3 is 3.00 bits per heavy atom. The molecule has 0 aromatic carbocycles. The van der Waals surface area contributed by atoms with Crippen LogP contribution in [0.5, 0.6) is 0 Å². The highest BCUT2D eigenvalue weighted by Gasteiger charge is 2.29. The van der Waals surface area contributed by atoms with Crippen molar-refractivity contribution < 1.29 is 13.2 Å². The van der Waals surface area contributed by atoms with E-state index >= 15 is 0 Å². The molecule has 1 unspecified atom stereocenters. The van der Waals surface area contributed by atoms with Crippen molar-refractivity contribution in [2.45, 2.75) is 37.7 Å². The third-order valence-electron chi connectivity index (χ3n) is 3.18. The van der Waals surface area contributed by atoms with Crippen LogP contribution in [0.1, 0.15) is 26.7 Å². The van der Waals surface area contributed by atoms with Crippen molar-refractivity contribution in [1.29, 1.82) is 0 Å². The van der Waals surface area contributed by atoms with E-state index in [-0.39, 0.29) is 22.6 Å². The first-order chi connectivity index (χ1) is 9.45. The second kappa shape index (κ2) is 6.28. The molecule has 1 aliphatic rings. The second-order valence-electron chi connectivity index (χ2n) is 5.00. The van der Waals surface area contributed by atoms with E-state index in [9.17, 15) is 8.42 Å². The summed E-state index contributed by atoms with van der Waals surface area (Å²) in [4.78, 5) is 2.24. The summed E-state index contributed by atoms with van der Waals surface area (Å²) in [5.74, 6) is 0.221. The summed E-state index contributed by atoms with van der Waals surface area (Å²) in [7, 11) is -3.37. The van der Waals surface area contributed by atoms with Gasteiger partial charge in [0.15, 0.2) is 15.7 Å². The zero-order chi connectivity index (χ0) is 14.8. The second-order valence-corrected chi connectivity index (χ2v) is 7.80. The van der Waals surface area contributed by atoms with Gasteiger partial charge < -0.3 is 15.4 Å². The van der Waals surface area contributed by atoms with Gasteiger partial charge in [-0.2, -0.15) is 4.37 Å². The van der Waals surface area contributed by atoms with Crippen molar-refractivity contribution in [1.82, 2.24) is 4.37 Å². The van der Waals surface area contributed by atoms with Crippen LogP contribution in [0, 0.1) is 0 Å². The van der Waals surface area contributed by atoms with E-state index < -0.39 is 9.84 Å². The molecule has 0 bridgehead atoms. The van der Waals surface area contributed by atoms with Gasteiger partial charge in [0.05, 0.1) is 11.9 Å². The molecule has 1 fully saturated rings. The molecule has 0 spiro atoms. The molecule has 1 aromatic rings. The van der Waals surface area contributed by atoms with Crippen LogP contribution in [0.2, 0.25) is 0 Å². The first kappa shape index (κ1) is 15.5. The van der Waals surface area contributed by atoms with Crippen LogP contribution in [0.15, 0.2) is 4.90 Å². The molecule has 1 atom stereocenters. The summed E-state index contributed by atoms with van der Waals surface area (Å²) in [5.41, 5.74) is 5.80. The number of sulfone groups is 1. The quantitative estimate of drug-likeness (QED) is 0.905. The van der Waals surface area contributed by atoms with E-state index in [0.717, 1.165) is 24.5 Å². The lowest BCUT2D eigenvalue weighted by atomic mass is 10.3. The van der Waals surface area contributed by atoms with Crippen molar-refractivity contribution in [3.8, 4) is 0 Å². The average Bonchev–Trinajstić information content (AvgIpc) is 2.62. The monoisotopic (exact) mass is 319 g/mol. The largest absolute Gasteiger partial charge is 0.382 e. The van der Waals surface area contributed by atoms with Gasteiger partial charge in [0.2, 0.25) is 0 Å². The number of nitrogen functional groups attached to an aromatic ring is 1. The normalized spacial score (nSPS) is 20.9. The fourth-order valence-corrected chi connectivity index (χ4v) is 5.12. The van der Waals surface area contributed by atoms with Gasteiger partial charge in [-0.3, -0.25) is 0 Å². The Bertz CT molecular complexity index is 556. The summed E-state index contributed by atoms with van der Waals surface area (Å²) in [6.07, 6.45) is 1.51. The number of rotatable bonds is 4. The summed E-state index contributed by atoms with van der Waals surface area (Å²) >= 11 is 1.16. The fourth-order valence-electron chi connectivity index (χ4n) is 2.33. The zero-order valence-electron chi connectivity index (χ0n) is 11.8. The number of anilines is 2. The summed E-state index contributed by atoms with van der Waals surface area (Å²) in [6.45, 7) is 5.96. The summed E-state index contributed by atoms with van der Waals surface area (Å²) in [5, 5.41) is 0.660. The molecule has 8 heteroatoms. The number of ether oxygens (including phenoxy) is 1. The molecule has 1 saturated heterocycles. The molecule has 1 aromatic heterocycles. The van der Waals surface area contributed by atoms with Gasteiger partial charge in [-0.1, -0.05) is 6.92 Å². The lowest BCUT2D eigenvalue weighted by Gasteiger charge is -2.23. The smallest absolute Gasteiger partial charge is 0.185 e. The van der Waals surface area contributed by atoms with Crippen molar-refractivity contribution in [3.63, 3.8) is 0 Å². The molecule has 2 heterocycles. The van der Waals surface area contributed by atoms with Gasteiger partial charge >= 0.3 is 0 Å². The Kier molecular flexibility index (Phi) is 4.87. The van der Waals surface area contributed by atoms with Crippen molar-refractivity contribution in [3.05, 3.63) is 0 Å². The molecule has 114 valence electrons. The number of aromatic nitrogens is 1. The maximum absolute atomic E-state index is 12.4. The van der Waals surface area contributed by atoms with Gasteiger partial charge in [0.1, 0.15) is 9.90 Å². The predicted molar refractivity (Wildman–Crippen MR) is 81.1 cm³/mol. The van der Waals surface area contributed by atoms with E-state index in [2.05, 4.69) is 4.37 Å². The highest BCUT2D eigenvalue weighted by atomic mass is 32.2. The highest BCUT2D eigenvalue weighted by molar-refractivity contribution is 7.91. The lowest BCUT2D eigenvalue weighted by Crippen LogP contribution is -2.30. The molecule has 20 heavy (non-hydrogen) atoms. The molecule has 0 aliphatic carbocycles. The van der Waals surface area contributed by atoms with E-state index in [1.165, 1.54) is 0 Å². The Balaban J connectivity index is 2.37. The Morgan fingerprint density at radius 2 is 2.30 bits per heavy atom. The molecule has 0 saturated carbocycles. The SMILES string of the molecule is CCCS(=O)(=O)c1c(N)nsc1N1CCCOC(C)C1. The van der Waals surface area contributed by atoms with E-state index in [4.69, 9.17) is 10.5 Å². The lowest BCUT2D eigenvalue weighted by molar-refractivity contribution is 0.0821. The standard InChI is InChI=1S/C12H21N3O3S2/c1-3-7-20(16,17)10-11(13)14-19-12(10)15-5-4-6-18-9(2)8-15/h9H,3-8H2,1-2H3,(H2,13,14). The maximum atomic E-state index is 12.4. The van der Waals surface area contributed by atoms with Gasteiger partial charge in [0.25, 0.3) is 0 Å². The molecule has 0 amide bonds. The maximum Gasteiger partial charge on any atom is 0.185 e. The molecule has 0 radical (unpaired) electrons. The predicted octanol–water partition coefficient (Wildman–Crippen LogP) is 1.52. The van der Waals surface area contributed by atoms with Gasteiger partial charge in [-0.25, -0.2) is 8.42 Å². The van der Waals surface area contributed by atoms with Crippen LogP contribution in [-0.2, 0) is 14.6 Å². The Hall–Kier alpha value is -0.860. The third-order valence-corrected chi connectivity index (χ3v) is 6.20. The third kappa shape index (κ3) is 3.24.